The molecule has 0 bridgehead atoms. The second-order valence-corrected chi connectivity index (χ2v) is 6.33. The van der Waals surface area contributed by atoms with Gasteiger partial charge < -0.3 is 4.90 Å². The Morgan fingerprint density at radius 2 is 1.13 bits per heavy atom. The summed E-state index contributed by atoms with van der Waals surface area (Å²) in [7, 11) is 0. The van der Waals surface area contributed by atoms with Gasteiger partial charge in [-0.25, -0.2) is 0 Å². The average molecular weight is 319 g/mol. The van der Waals surface area contributed by atoms with E-state index in [1.807, 2.05) is 11.8 Å². The first kappa shape index (κ1) is 15.7. The van der Waals surface area contributed by atoms with Gasteiger partial charge in [0.2, 0.25) is 0 Å². The minimum atomic E-state index is 0.302. The molecule has 23 heavy (non-hydrogen) atoms. The van der Waals surface area contributed by atoms with E-state index < -0.39 is 0 Å². The van der Waals surface area contributed by atoms with Gasteiger partial charge in [-0.15, -0.1) is 0 Å². The Bertz CT molecular complexity index is 658. The molecule has 3 aromatic carbocycles. The molecule has 1 unspecified atom stereocenters. The number of benzene rings is 3. The summed E-state index contributed by atoms with van der Waals surface area (Å²) in [6.45, 7) is 0. The number of thioether (sulfide) groups is 1. The van der Waals surface area contributed by atoms with Gasteiger partial charge in [0.05, 0.1) is 6.04 Å². The van der Waals surface area contributed by atoms with E-state index >= 15 is 0 Å². The molecule has 0 spiro atoms. The third kappa shape index (κ3) is 3.77. The largest absolute Gasteiger partial charge is 0.333 e. The third-order valence-electron chi connectivity index (χ3n) is 3.89. The number of hydrogen-bond acceptors (Lipinski definition) is 2. The molecule has 0 aromatic heterocycles. The van der Waals surface area contributed by atoms with E-state index in [0.29, 0.717) is 6.04 Å². The van der Waals surface area contributed by atoms with Crippen molar-refractivity contribution in [3.8, 4) is 0 Å². The van der Waals surface area contributed by atoms with Crippen molar-refractivity contribution >= 4 is 23.1 Å². The Kier molecular flexibility index (Phi) is 5.38. The van der Waals surface area contributed by atoms with E-state index in [-0.39, 0.29) is 0 Å². The Balaban J connectivity index is 2.09. The van der Waals surface area contributed by atoms with Crippen molar-refractivity contribution in [3.05, 3.63) is 96.6 Å². The molecule has 0 N–H and O–H groups in total. The van der Waals surface area contributed by atoms with Crippen molar-refractivity contribution in [1.29, 1.82) is 0 Å². The highest BCUT2D eigenvalue weighted by atomic mass is 32.2. The molecular formula is C21H21NS. The summed E-state index contributed by atoms with van der Waals surface area (Å²) >= 11 is 1.88. The molecule has 2 heteroatoms. The number of rotatable bonds is 6. The summed E-state index contributed by atoms with van der Waals surface area (Å²) in [5.74, 6) is 1.04. The summed E-state index contributed by atoms with van der Waals surface area (Å²) in [5.41, 5.74) is 3.79. The Labute approximate surface area is 143 Å². The quantitative estimate of drug-likeness (QED) is 0.554. The monoisotopic (exact) mass is 319 g/mol. The molecule has 0 amide bonds. The molecule has 0 radical (unpaired) electrons. The lowest BCUT2D eigenvalue weighted by atomic mass is 10.0. The van der Waals surface area contributed by atoms with Crippen molar-refractivity contribution in [2.75, 3.05) is 16.9 Å². The minimum Gasteiger partial charge on any atom is -0.333 e. The second kappa shape index (κ2) is 7.89. The summed E-state index contributed by atoms with van der Waals surface area (Å²) in [6.07, 6.45) is 2.17. The maximum absolute atomic E-state index is 2.44. The molecule has 116 valence electrons. The Hall–Kier alpha value is -2.19. The smallest absolute Gasteiger partial charge is 0.0681 e. The zero-order valence-electron chi connectivity index (χ0n) is 13.3. The summed E-state index contributed by atoms with van der Waals surface area (Å²) < 4.78 is 0. The van der Waals surface area contributed by atoms with E-state index in [1.165, 1.54) is 16.9 Å². The predicted molar refractivity (Wildman–Crippen MR) is 103 cm³/mol. The van der Waals surface area contributed by atoms with Crippen LogP contribution < -0.4 is 4.90 Å². The molecule has 0 aliphatic carbocycles. The van der Waals surface area contributed by atoms with Crippen molar-refractivity contribution in [3.63, 3.8) is 0 Å². The molecule has 1 nitrogen and oxygen atoms in total. The first-order valence-corrected chi connectivity index (χ1v) is 9.23. The van der Waals surface area contributed by atoms with Crippen LogP contribution in [-0.2, 0) is 0 Å². The van der Waals surface area contributed by atoms with Crippen molar-refractivity contribution in [2.24, 2.45) is 0 Å². The van der Waals surface area contributed by atoms with Crippen LogP contribution in [0, 0.1) is 0 Å². The molecule has 0 fully saturated rings. The van der Waals surface area contributed by atoms with Crippen LogP contribution in [0.2, 0.25) is 0 Å². The van der Waals surface area contributed by atoms with Crippen molar-refractivity contribution in [1.82, 2.24) is 0 Å². The predicted octanol–water partition coefficient (Wildman–Crippen LogP) is 5.93. The van der Waals surface area contributed by atoms with Crippen LogP contribution in [0.1, 0.15) is 11.6 Å². The molecule has 0 saturated carbocycles. The fraction of sp³-hybridized carbons (Fsp3) is 0.143. The van der Waals surface area contributed by atoms with Crippen LogP contribution >= 0.6 is 11.8 Å². The molecule has 3 aromatic rings. The lowest BCUT2D eigenvalue weighted by Gasteiger charge is -2.34. The van der Waals surface area contributed by atoms with Gasteiger partial charge in [0.15, 0.2) is 0 Å². The zero-order chi connectivity index (χ0) is 15.9. The second-order valence-electron chi connectivity index (χ2n) is 5.42. The summed E-state index contributed by atoms with van der Waals surface area (Å²) in [6, 6.07) is 32.4. The van der Waals surface area contributed by atoms with Crippen molar-refractivity contribution in [2.45, 2.75) is 6.04 Å². The number of anilines is 2. The van der Waals surface area contributed by atoms with Crippen LogP contribution in [0.25, 0.3) is 0 Å². The molecule has 1 atom stereocenters. The van der Waals surface area contributed by atoms with E-state index in [0.717, 1.165) is 5.75 Å². The molecule has 0 saturated heterocycles. The van der Waals surface area contributed by atoms with Gasteiger partial charge in [-0.3, -0.25) is 0 Å². The molecule has 3 rings (SSSR count). The summed E-state index contributed by atoms with van der Waals surface area (Å²) in [4.78, 5) is 2.44. The minimum absolute atomic E-state index is 0.302. The third-order valence-corrected chi connectivity index (χ3v) is 4.54. The van der Waals surface area contributed by atoms with Crippen LogP contribution in [0.5, 0.6) is 0 Å². The topological polar surface area (TPSA) is 3.24 Å². The highest BCUT2D eigenvalue weighted by molar-refractivity contribution is 7.98. The fourth-order valence-electron chi connectivity index (χ4n) is 2.84. The lowest BCUT2D eigenvalue weighted by Crippen LogP contribution is -2.25. The van der Waals surface area contributed by atoms with Crippen LogP contribution in [-0.4, -0.2) is 12.0 Å². The van der Waals surface area contributed by atoms with Gasteiger partial charge in [0, 0.05) is 17.1 Å². The number of para-hydroxylation sites is 2. The van der Waals surface area contributed by atoms with Gasteiger partial charge in [0.25, 0.3) is 0 Å². The van der Waals surface area contributed by atoms with E-state index in [1.54, 1.807) is 0 Å². The first-order valence-electron chi connectivity index (χ1n) is 7.83. The standard InChI is InChI=1S/C21H21NS/c1-23-17-21(18-11-5-2-6-12-18)22(19-13-7-3-8-14-19)20-15-9-4-10-16-20/h2-16,21H,17H2,1H3. The molecule has 0 aliphatic rings. The zero-order valence-corrected chi connectivity index (χ0v) is 14.1. The molecular weight excluding hydrogens is 298 g/mol. The van der Waals surface area contributed by atoms with Gasteiger partial charge in [-0.05, 0) is 36.1 Å². The van der Waals surface area contributed by atoms with Gasteiger partial charge in [-0.2, -0.15) is 11.8 Å². The van der Waals surface area contributed by atoms with Gasteiger partial charge >= 0.3 is 0 Å². The lowest BCUT2D eigenvalue weighted by molar-refractivity contribution is 0.786. The maximum atomic E-state index is 2.44. The van der Waals surface area contributed by atoms with Crippen molar-refractivity contribution < 1.29 is 0 Å². The Morgan fingerprint density at radius 3 is 1.57 bits per heavy atom. The van der Waals surface area contributed by atoms with Crippen LogP contribution in [0.3, 0.4) is 0 Å². The molecule has 0 heterocycles. The number of hydrogen-bond donors (Lipinski definition) is 0. The SMILES string of the molecule is CSCC(c1ccccc1)N(c1ccccc1)c1ccccc1. The van der Waals surface area contributed by atoms with Gasteiger partial charge in [0.1, 0.15) is 0 Å². The van der Waals surface area contributed by atoms with E-state index in [9.17, 15) is 0 Å². The normalized spacial score (nSPS) is 11.9. The number of nitrogens with zero attached hydrogens (tertiary/aromatic N) is 1. The van der Waals surface area contributed by atoms with Crippen LogP contribution in [0.4, 0.5) is 11.4 Å². The maximum Gasteiger partial charge on any atom is 0.0681 e. The van der Waals surface area contributed by atoms with E-state index in [4.69, 9.17) is 0 Å². The highest BCUT2D eigenvalue weighted by Crippen LogP contribution is 2.36. The average Bonchev–Trinajstić information content (AvgIpc) is 2.64. The van der Waals surface area contributed by atoms with Crippen LogP contribution in [0.15, 0.2) is 91.0 Å². The fourth-order valence-corrected chi connectivity index (χ4v) is 3.50. The summed E-state index contributed by atoms with van der Waals surface area (Å²) in [5, 5.41) is 0. The highest BCUT2D eigenvalue weighted by Gasteiger charge is 2.21. The first-order chi connectivity index (χ1) is 11.4. The Morgan fingerprint density at radius 1 is 0.696 bits per heavy atom. The molecule has 0 aliphatic heterocycles. The van der Waals surface area contributed by atoms with E-state index in [2.05, 4.69) is 102 Å². The van der Waals surface area contributed by atoms with Gasteiger partial charge in [-0.1, -0.05) is 66.7 Å².